The van der Waals surface area contributed by atoms with Crippen molar-refractivity contribution in [3.8, 4) is 0 Å². The van der Waals surface area contributed by atoms with Gasteiger partial charge in [0.2, 0.25) is 0 Å². The van der Waals surface area contributed by atoms with E-state index in [-0.39, 0.29) is 5.82 Å². The van der Waals surface area contributed by atoms with Gasteiger partial charge in [-0.3, -0.25) is 0 Å². The van der Waals surface area contributed by atoms with E-state index in [0.717, 1.165) is 29.6 Å². The number of fused-ring (bicyclic) bond motifs is 1. The molecule has 16 heavy (non-hydrogen) atoms. The van der Waals surface area contributed by atoms with E-state index in [9.17, 15) is 4.39 Å². The summed E-state index contributed by atoms with van der Waals surface area (Å²) in [6.45, 7) is 2.12. The van der Waals surface area contributed by atoms with Gasteiger partial charge in [-0.05, 0) is 24.1 Å². The van der Waals surface area contributed by atoms with Crippen LogP contribution in [0.25, 0.3) is 10.9 Å². The van der Waals surface area contributed by atoms with Crippen LogP contribution in [0.15, 0.2) is 24.3 Å². The second kappa shape index (κ2) is 4.47. The molecule has 1 aromatic carbocycles. The Kier molecular flexibility index (Phi) is 3.04. The maximum Gasteiger partial charge on any atom is 0.149 e. The van der Waals surface area contributed by atoms with Gasteiger partial charge in [0.05, 0.1) is 0 Å². The van der Waals surface area contributed by atoms with E-state index >= 15 is 0 Å². The molecule has 0 aliphatic heterocycles. The number of nitrogens with zero attached hydrogens (tertiary/aromatic N) is 1. The van der Waals surface area contributed by atoms with Crippen molar-refractivity contribution in [1.29, 1.82) is 0 Å². The van der Waals surface area contributed by atoms with Crippen LogP contribution in [0.5, 0.6) is 0 Å². The average Bonchev–Trinajstić information content (AvgIpc) is 2.29. The summed E-state index contributed by atoms with van der Waals surface area (Å²) in [5.74, 6) is 0.511. The van der Waals surface area contributed by atoms with E-state index in [0.29, 0.717) is 5.52 Å². The van der Waals surface area contributed by atoms with Gasteiger partial charge in [0.1, 0.15) is 17.2 Å². The van der Waals surface area contributed by atoms with Gasteiger partial charge in [0.15, 0.2) is 0 Å². The molecule has 0 unspecified atom stereocenters. The monoisotopic (exact) mass is 218 g/mol. The number of pyridine rings is 1. The fraction of sp³-hybridized carbons (Fsp3) is 0.308. The second-order valence-electron chi connectivity index (χ2n) is 3.81. The fourth-order valence-electron chi connectivity index (χ4n) is 1.88. The Morgan fingerprint density at radius 2 is 2.19 bits per heavy atom. The number of aryl methyl sites for hydroxylation is 1. The molecule has 1 N–H and O–H groups in total. The normalized spacial score (nSPS) is 10.7. The minimum absolute atomic E-state index is 0.267. The maximum atomic E-state index is 13.5. The highest BCUT2D eigenvalue weighted by Gasteiger charge is 2.07. The summed E-state index contributed by atoms with van der Waals surface area (Å²) in [6, 6.07) is 7.06. The Balaban J connectivity index is 2.65. The molecule has 1 heterocycles. The summed E-state index contributed by atoms with van der Waals surface area (Å²) in [5, 5.41) is 3.89. The minimum atomic E-state index is -0.267. The Bertz CT molecular complexity index is 509. The standard InChI is InChI=1S/C13H15FN2/c1-3-5-10-8-9-6-4-7-11(14)12(9)16-13(10)15-2/h4,6-8H,3,5H2,1-2H3,(H,15,16). The Morgan fingerprint density at radius 1 is 1.38 bits per heavy atom. The molecule has 2 nitrogen and oxygen atoms in total. The number of anilines is 1. The SMILES string of the molecule is CCCc1cc2cccc(F)c2nc1NC. The highest BCUT2D eigenvalue weighted by Crippen LogP contribution is 2.23. The van der Waals surface area contributed by atoms with Crippen molar-refractivity contribution in [2.45, 2.75) is 19.8 Å². The Labute approximate surface area is 94.5 Å². The van der Waals surface area contributed by atoms with Crippen LogP contribution in [-0.4, -0.2) is 12.0 Å². The minimum Gasteiger partial charge on any atom is -0.373 e. The van der Waals surface area contributed by atoms with E-state index in [1.54, 1.807) is 6.07 Å². The zero-order valence-corrected chi connectivity index (χ0v) is 9.55. The lowest BCUT2D eigenvalue weighted by atomic mass is 10.1. The number of nitrogens with one attached hydrogen (secondary N) is 1. The van der Waals surface area contributed by atoms with Gasteiger partial charge in [0.25, 0.3) is 0 Å². The van der Waals surface area contributed by atoms with Crippen LogP contribution < -0.4 is 5.32 Å². The molecular weight excluding hydrogens is 203 g/mol. The molecule has 0 atom stereocenters. The van der Waals surface area contributed by atoms with Gasteiger partial charge >= 0.3 is 0 Å². The number of benzene rings is 1. The lowest BCUT2D eigenvalue weighted by Crippen LogP contribution is -2.00. The van der Waals surface area contributed by atoms with E-state index in [4.69, 9.17) is 0 Å². The molecule has 1 aromatic heterocycles. The molecule has 0 saturated carbocycles. The molecule has 0 fully saturated rings. The van der Waals surface area contributed by atoms with Crippen molar-refractivity contribution in [1.82, 2.24) is 4.98 Å². The van der Waals surface area contributed by atoms with Gasteiger partial charge < -0.3 is 5.32 Å². The molecule has 0 spiro atoms. The summed E-state index contributed by atoms with van der Waals surface area (Å²) in [4.78, 5) is 4.33. The van der Waals surface area contributed by atoms with Gasteiger partial charge in [0, 0.05) is 12.4 Å². The maximum absolute atomic E-state index is 13.5. The van der Waals surface area contributed by atoms with Crippen LogP contribution in [0, 0.1) is 5.82 Å². The third-order valence-electron chi connectivity index (χ3n) is 2.63. The zero-order chi connectivity index (χ0) is 11.5. The van der Waals surface area contributed by atoms with Crippen LogP contribution in [-0.2, 0) is 6.42 Å². The molecule has 0 radical (unpaired) electrons. The Hall–Kier alpha value is -1.64. The first kappa shape index (κ1) is 10.9. The first-order valence-corrected chi connectivity index (χ1v) is 5.52. The number of para-hydroxylation sites is 1. The molecule has 0 aliphatic rings. The predicted molar refractivity (Wildman–Crippen MR) is 65.2 cm³/mol. The highest BCUT2D eigenvalue weighted by atomic mass is 19.1. The summed E-state index contributed by atoms with van der Waals surface area (Å²) in [5.41, 5.74) is 1.58. The van der Waals surface area contributed by atoms with Crippen LogP contribution in [0.1, 0.15) is 18.9 Å². The second-order valence-corrected chi connectivity index (χ2v) is 3.81. The first-order chi connectivity index (χ1) is 7.76. The van der Waals surface area contributed by atoms with Crippen LogP contribution in [0.3, 0.4) is 0 Å². The van der Waals surface area contributed by atoms with Crippen LogP contribution in [0.2, 0.25) is 0 Å². The molecular formula is C13H15FN2. The Morgan fingerprint density at radius 3 is 2.88 bits per heavy atom. The lowest BCUT2D eigenvalue weighted by molar-refractivity contribution is 0.637. The topological polar surface area (TPSA) is 24.9 Å². The van der Waals surface area contributed by atoms with E-state index in [2.05, 4.69) is 17.2 Å². The van der Waals surface area contributed by atoms with E-state index in [1.807, 2.05) is 19.2 Å². The van der Waals surface area contributed by atoms with Crippen molar-refractivity contribution in [2.75, 3.05) is 12.4 Å². The molecule has 0 saturated heterocycles. The van der Waals surface area contributed by atoms with Gasteiger partial charge in [-0.2, -0.15) is 0 Å². The average molecular weight is 218 g/mol. The van der Waals surface area contributed by atoms with E-state index < -0.39 is 0 Å². The summed E-state index contributed by atoms with van der Waals surface area (Å²) >= 11 is 0. The third-order valence-corrected chi connectivity index (χ3v) is 2.63. The molecule has 84 valence electrons. The van der Waals surface area contributed by atoms with Crippen molar-refractivity contribution in [3.63, 3.8) is 0 Å². The molecule has 0 aliphatic carbocycles. The van der Waals surface area contributed by atoms with Crippen LogP contribution in [0.4, 0.5) is 10.2 Å². The van der Waals surface area contributed by atoms with Crippen molar-refractivity contribution in [3.05, 3.63) is 35.6 Å². The fourth-order valence-corrected chi connectivity index (χ4v) is 1.88. The zero-order valence-electron chi connectivity index (χ0n) is 9.55. The first-order valence-electron chi connectivity index (χ1n) is 5.52. The number of hydrogen-bond acceptors (Lipinski definition) is 2. The van der Waals surface area contributed by atoms with Gasteiger partial charge in [-0.1, -0.05) is 25.5 Å². The van der Waals surface area contributed by atoms with Crippen molar-refractivity contribution < 1.29 is 4.39 Å². The van der Waals surface area contributed by atoms with Gasteiger partial charge in [-0.15, -0.1) is 0 Å². The number of aromatic nitrogens is 1. The molecule has 0 bridgehead atoms. The number of hydrogen-bond donors (Lipinski definition) is 1. The van der Waals surface area contributed by atoms with Gasteiger partial charge in [-0.25, -0.2) is 9.37 Å². The van der Waals surface area contributed by atoms with Crippen LogP contribution >= 0.6 is 0 Å². The van der Waals surface area contributed by atoms with Crippen molar-refractivity contribution in [2.24, 2.45) is 0 Å². The predicted octanol–water partition coefficient (Wildman–Crippen LogP) is 3.37. The largest absolute Gasteiger partial charge is 0.373 e. The number of rotatable bonds is 3. The van der Waals surface area contributed by atoms with Crippen molar-refractivity contribution >= 4 is 16.7 Å². The summed E-state index contributed by atoms with van der Waals surface area (Å²) in [7, 11) is 1.81. The highest BCUT2D eigenvalue weighted by molar-refractivity contribution is 5.82. The smallest absolute Gasteiger partial charge is 0.149 e. The molecule has 0 amide bonds. The molecule has 2 aromatic rings. The summed E-state index contributed by atoms with van der Waals surface area (Å²) < 4.78 is 13.5. The lowest BCUT2D eigenvalue weighted by Gasteiger charge is -2.09. The quantitative estimate of drug-likeness (QED) is 0.854. The summed E-state index contributed by atoms with van der Waals surface area (Å²) in [6.07, 6.45) is 2.01. The number of halogens is 1. The molecule has 2 rings (SSSR count). The third kappa shape index (κ3) is 1.85. The molecule has 3 heteroatoms. The van der Waals surface area contributed by atoms with E-state index in [1.165, 1.54) is 6.07 Å².